The highest BCUT2D eigenvalue weighted by atomic mass is 16.3. The second-order valence-corrected chi connectivity index (χ2v) is 9.99. The number of rotatable bonds is 9. The maximum Gasteiger partial charge on any atom is 0.159 e. The summed E-state index contributed by atoms with van der Waals surface area (Å²) in [7, 11) is 0. The third-order valence-electron chi connectivity index (χ3n) is 7.44. The van der Waals surface area contributed by atoms with Crippen molar-refractivity contribution >= 4 is 17.1 Å². The predicted octanol–water partition coefficient (Wildman–Crippen LogP) is 5.98. The predicted molar refractivity (Wildman–Crippen MR) is 145 cm³/mol. The molecule has 0 bridgehead atoms. The van der Waals surface area contributed by atoms with Crippen molar-refractivity contribution in [1.82, 2.24) is 30.5 Å². The Balaban J connectivity index is 1.27. The van der Waals surface area contributed by atoms with E-state index >= 15 is 0 Å². The van der Waals surface area contributed by atoms with Crippen molar-refractivity contribution in [2.24, 2.45) is 5.92 Å². The molecule has 1 saturated carbocycles. The summed E-state index contributed by atoms with van der Waals surface area (Å²) in [5, 5.41) is 20.3. The molecule has 0 saturated heterocycles. The van der Waals surface area contributed by atoms with E-state index in [-0.39, 0.29) is 5.92 Å². The summed E-state index contributed by atoms with van der Waals surface area (Å²) in [6.07, 6.45) is 14.0. The van der Waals surface area contributed by atoms with Gasteiger partial charge in [-0.05, 0) is 67.6 Å². The number of nitrogens with zero attached hydrogens (tertiary/aromatic N) is 3. The highest BCUT2D eigenvalue weighted by Crippen LogP contribution is 2.32. The molecule has 1 atom stereocenters. The molecule has 4 heterocycles. The summed E-state index contributed by atoms with van der Waals surface area (Å²) < 4.78 is 5.24. The van der Waals surface area contributed by atoms with Crippen molar-refractivity contribution < 1.29 is 4.42 Å². The van der Waals surface area contributed by atoms with Crippen LogP contribution in [0.15, 0.2) is 59.7 Å². The van der Waals surface area contributed by atoms with Crippen LogP contribution in [0.5, 0.6) is 0 Å². The number of aromatic amines is 2. The minimum Gasteiger partial charge on any atom is -0.472 e. The Bertz CT molecular complexity index is 1510. The maximum atomic E-state index is 7.96. The number of pyridine rings is 1. The summed E-state index contributed by atoms with van der Waals surface area (Å²) in [5.41, 5.74) is 7.63. The van der Waals surface area contributed by atoms with Crippen molar-refractivity contribution in [2.45, 2.75) is 45.1 Å². The molecule has 0 amide bonds. The highest BCUT2D eigenvalue weighted by Gasteiger charge is 2.22. The first kappa shape index (κ1) is 23.4. The SMILES string of the molecule is Cc1[nH]c(-c2n[nH]c3ccc(-c4cncc(CNCC5CCCC5)c4)cc23)nc1C(C=N)c1ccoc1. The van der Waals surface area contributed by atoms with Gasteiger partial charge in [-0.25, -0.2) is 4.98 Å². The number of imidazole rings is 1. The molecule has 8 nitrogen and oxygen atoms in total. The molecule has 37 heavy (non-hydrogen) atoms. The van der Waals surface area contributed by atoms with Crippen LogP contribution in [-0.4, -0.2) is 37.9 Å². The van der Waals surface area contributed by atoms with Gasteiger partial charge >= 0.3 is 0 Å². The van der Waals surface area contributed by atoms with E-state index in [9.17, 15) is 0 Å². The zero-order valence-corrected chi connectivity index (χ0v) is 20.9. The molecule has 8 heteroatoms. The molecule has 5 aromatic rings. The van der Waals surface area contributed by atoms with Gasteiger partial charge in [0, 0.05) is 47.4 Å². The van der Waals surface area contributed by atoms with E-state index in [0.717, 1.165) is 63.7 Å². The van der Waals surface area contributed by atoms with Crippen LogP contribution in [0, 0.1) is 18.3 Å². The molecule has 1 aromatic carbocycles. The normalized spacial score (nSPS) is 14.9. The summed E-state index contributed by atoms with van der Waals surface area (Å²) in [6.45, 7) is 3.88. The zero-order chi connectivity index (χ0) is 25.2. The van der Waals surface area contributed by atoms with Gasteiger partial charge in [-0.15, -0.1) is 0 Å². The van der Waals surface area contributed by atoms with Crippen molar-refractivity contribution in [2.75, 3.05) is 6.54 Å². The molecule has 0 aliphatic heterocycles. The van der Waals surface area contributed by atoms with Crippen LogP contribution in [0.1, 0.15) is 54.1 Å². The van der Waals surface area contributed by atoms with E-state index in [1.165, 1.54) is 37.5 Å². The van der Waals surface area contributed by atoms with Gasteiger partial charge in [0.2, 0.25) is 0 Å². The van der Waals surface area contributed by atoms with Crippen molar-refractivity contribution in [3.05, 3.63) is 77.8 Å². The lowest BCUT2D eigenvalue weighted by Gasteiger charge is -2.11. The number of benzene rings is 1. The number of aromatic nitrogens is 5. The van der Waals surface area contributed by atoms with Crippen LogP contribution >= 0.6 is 0 Å². The number of hydrogen-bond donors (Lipinski definition) is 4. The Kier molecular flexibility index (Phi) is 6.40. The molecular weight excluding hydrogens is 462 g/mol. The first-order valence-corrected chi connectivity index (χ1v) is 12.9. The summed E-state index contributed by atoms with van der Waals surface area (Å²) in [6, 6.07) is 10.4. The van der Waals surface area contributed by atoms with Crippen LogP contribution in [0.4, 0.5) is 0 Å². The van der Waals surface area contributed by atoms with Crippen molar-refractivity contribution in [1.29, 1.82) is 5.41 Å². The Labute approximate surface area is 215 Å². The Morgan fingerprint density at radius 3 is 2.86 bits per heavy atom. The van der Waals surface area contributed by atoms with Gasteiger partial charge in [0.05, 0.1) is 29.7 Å². The van der Waals surface area contributed by atoms with Gasteiger partial charge in [0.25, 0.3) is 0 Å². The average molecular weight is 494 g/mol. The lowest BCUT2D eigenvalue weighted by Crippen LogP contribution is -2.20. The smallest absolute Gasteiger partial charge is 0.159 e. The van der Waals surface area contributed by atoms with Gasteiger partial charge < -0.3 is 20.1 Å². The summed E-state index contributed by atoms with van der Waals surface area (Å²) >= 11 is 0. The first-order chi connectivity index (χ1) is 18.2. The molecule has 0 radical (unpaired) electrons. The van der Waals surface area contributed by atoms with E-state index in [1.807, 2.05) is 25.4 Å². The second kappa shape index (κ2) is 10.1. The van der Waals surface area contributed by atoms with Crippen LogP contribution in [0.2, 0.25) is 0 Å². The fraction of sp³-hybridized carbons (Fsp3) is 0.310. The lowest BCUT2D eigenvalue weighted by atomic mass is 9.99. The Morgan fingerprint density at radius 1 is 1.16 bits per heavy atom. The van der Waals surface area contributed by atoms with E-state index in [1.54, 1.807) is 12.5 Å². The number of nitrogens with one attached hydrogen (secondary N) is 4. The molecule has 6 rings (SSSR count). The Morgan fingerprint density at radius 2 is 2.05 bits per heavy atom. The molecule has 1 fully saturated rings. The van der Waals surface area contributed by atoms with Gasteiger partial charge in [-0.1, -0.05) is 18.9 Å². The molecule has 1 aliphatic rings. The summed E-state index contributed by atoms with van der Waals surface area (Å²) in [5.74, 6) is 1.22. The van der Waals surface area contributed by atoms with Crippen molar-refractivity contribution in [3.63, 3.8) is 0 Å². The van der Waals surface area contributed by atoms with Gasteiger partial charge in [-0.2, -0.15) is 5.10 Å². The minimum absolute atomic E-state index is 0.277. The quantitative estimate of drug-likeness (QED) is 0.188. The number of aryl methyl sites for hydroxylation is 1. The third kappa shape index (κ3) is 4.72. The van der Waals surface area contributed by atoms with Crippen LogP contribution in [-0.2, 0) is 6.54 Å². The van der Waals surface area contributed by atoms with Crippen molar-refractivity contribution in [3.8, 4) is 22.6 Å². The number of hydrogen-bond acceptors (Lipinski definition) is 6. The molecule has 1 aliphatic carbocycles. The van der Waals surface area contributed by atoms with E-state index in [0.29, 0.717) is 5.82 Å². The first-order valence-electron chi connectivity index (χ1n) is 12.9. The third-order valence-corrected chi connectivity index (χ3v) is 7.44. The Hall–Kier alpha value is -4.04. The minimum atomic E-state index is -0.277. The maximum absolute atomic E-state index is 7.96. The van der Waals surface area contributed by atoms with Gasteiger partial charge in [0.1, 0.15) is 5.69 Å². The average Bonchev–Trinajstić information content (AvgIpc) is 3.73. The number of H-pyrrole nitrogens is 2. The van der Waals surface area contributed by atoms with Crippen LogP contribution in [0.25, 0.3) is 33.5 Å². The number of furan rings is 1. The number of fused-ring (bicyclic) bond motifs is 1. The van der Waals surface area contributed by atoms with Gasteiger partial charge in [0.15, 0.2) is 5.82 Å². The van der Waals surface area contributed by atoms with E-state index in [2.05, 4.69) is 49.7 Å². The standard InChI is InChI=1S/C29H31N7O/c1-18-27(25(12-30)22-8-9-37-17-22)34-29(33-18)28-24-11-21(6-7-26(24)35-36-28)23-10-20(15-32-16-23)14-31-13-19-4-2-3-5-19/h6-12,15-17,19,25,30-31H,2-5,13-14H2,1H3,(H,33,34)(H,35,36). The molecule has 188 valence electrons. The largest absolute Gasteiger partial charge is 0.472 e. The van der Waals surface area contributed by atoms with Crippen LogP contribution < -0.4 is 5.32 Å². The fourth-order valence-corrected chi connectivity index (χ4v) is 5.43. The molecule has 1 unspecified atom stereocenters. The molecule has 4 N–H and O–H groups in total. The fourth-order valence-electron chi connectivity index (χ4n) is 5.43. The molecular formula is C29H31N7O. The van der Waals surface area contributed by atoms with E-state index < -0.39 is 0 Å². The van der Waals surface area contributed by atoms with Gasteiger partial charge in [-0.3, -0.25) is 10.1 Å². The summed E-state index contributed by atoms with van der Waals surface area (Å²) in [4.78, 5) is 12.8. The highest BCUT2D eigenvalue weighted by molar-refractivity contribution is 5.94. The monoisotopic (exact) mass is 493 g/mol. The lowest BCUT2D eigenvalue weighted by molar-refractivity contribution is 0.489. The topological polar surface area (TPSA) is 119 Å². The molecule has 0 spiro atoms. The van der Waals surface area contributed by atoms with Crippen LogP contribution in [0.3, 0.4) is 0 Å². The second-order valence-electron chi connectivity index (χ2n) is 9.99. The zero-order valence-electron chi connectivity index (χ0n) is 20.9. The van der Waals surface area contributed by atoms with E-state index in [4.69, 9.17) is 14.8 Å². The molecule has 4 aromatic heterocycles.